The minimum absolute atomic E-state index is 0. The van der Waals surface area contributed by atoms with Crippen LogP contribution in [0.4, 0.5) is 20.2 Å². The van der Waals surface area contributed by atoms with E-state index in [0.717, 1.165) is 62.9 Å². The molecule has 1 amide bonds. The van der Waals surface area contributed by atoms with E-state index in [1.54, 1.807) is 24.3 Å². The second-order valence-electron chi connectivity index (χ2n) is 16.8. The summed E-state index contributed by atoms with van der Waals surface area (Å²) in [6.45, 7) is 9.21. The van der Waals surface area contributed by atoms with Crippen LogP contribution in [-0.2, 0) is 48.5 Å². The number of halogens is 2. The van der Waals surface area contributed by atoms with Crippen LogP contribution in [0.1, 0.15) is 50.4 Å². The summed E-state index contributed by atoms with van der Waals surface area (Å²) in [7, 11) is -6.57. The maximum absolute atomic E-state index is 13.0. The summed E-state index contributed by atoms with van der Waals surface area (Å²) in [4.78, 5) is 17.0. The summed E-state index contributed by atoms with van der Waals surface area (Å²) < 4.78 is 77.1. The molecular formula is C44H56AlF2LiN4O5S2. The first-order chi connectivity index (χ1) is 26.9. The van der Waals surface area contributed by atoms with Crippen LogP contribution in [-0.4, -0.2) is 95.1 Å². The molecule has 2 aliphatic heterocycles. The van der Waals surface area contributed by atoms with Crippen molar-refractivity contribution in [1.82, 2.24) is 9.80 Å². The van der Waals surface area contributed by atoms with Gasteiger partial charge in [-0.15, -0.1) is 0 Å². The molecule has 2 saturated carbocycles. The number of hydrogen-bond acceptors (Lipinski definition) is 6. The predicted octanol–water partition coefficient (Wildman–Crippen LogP) is 2.76. The van der Waals surface area contributed by atoms with Crippen molar-refractivity contribution in [3.05, 3.63) is 131 Å². The number of piperidine rings is 2. The second kappa shape index (κ2) is 18.4. The maximum atomic E-state index is 13.0. The van der Waals surface area contributed by atoms with E-state index < -0.39 is 20.0 Å². The standard InChI is InChI=1S/C22H25FN2O3S.C22H27FN2O2S.Al.Li.4H/c1-22(16-4-3-5-18(12-16)24-29(2,27)28)19-13-25(14-20(19)22)21(26)11-8-15-6-9-17(23)10-7-15;1-22(17-6-3-7-19(13-17)24-28(2,26)27)20-14-25(15-21(20)22)12-4-5-16-8-10-18(23)11-9-16;;;;;;/h3-7,9-10,12,19-20,24H,8,11,13-14H2,1-2H3;3,6-11,13,20-21,24H,4-5,12,14-15H2,1-2H3;;;;;;/q;;;+1;;;;-1. The van der Waals surface area contributed by atoms with E-state index in [2.05, 4.69) is 34.3 Å². The molecule has 4 aromatic rings. The van der Waals surface area contributed by atoms with Gasteiger partial charge in [0.15, 0.2) is 17.4 Å². The van der Waals surface area contributed by atoms with Crippen LogP contribution in [0.5, 0.6) is 0 Å². The number of nitrogens with zero attached hydrogens (tertiary/aromatic N) is 2. The minimum atomic E-state index is -3.31. The Kier molecular flexibility index (Phi) is 14.6. The Hall–Kier alpha value is -3.20. The Morgan fingerprint density at radius 3 is 1.51 bits per heavy atom. The largest absolute Gasteiger partial charge is 1.00 e. The predicted molar refractivity (Wildman–Crippen MR) is 232 cm³/mol. The molecule has 0 radical (unpaired) electrons. The number of carbonyl (C=O) groups excluding carboxylic acids is 1. The average Bonchev–Trinajstić information content (AvgIpc) is 3.62. The van der Waals surface area contributed by atoms with Gasteiger partial charge < -0.3 is 11.2 Å². The number of benzene rings is 4. The van der Waals surface area contributed by atoms with Crippen LogP contribution < -0.4 is 28.3 Å². The first-order valence-corrected chi connectivity index (χ1v) is 23.4. The molecule has 0 bridgehead atoms. The van der Waals surface area contributed by atoms with E-state index in [-0.39, 0.29) is 66.0 Å². The van der Waals surface area contributed by atoms with Crippen molar-refractivity contribution >= 4 is 54.7 Å². The molecule has 9 nitrogen and oxygen atoms in total. The topological polar surface area (TPSA) is 116 Å². The Labute approximate surface area is 372 Å². The van der Waals surface area contributed by atoms with Crippen molar-refractivity contribution in [3.63, 3.8) is 0 Å². The van der Waals surface area contributed by atoms with Crippen LogP contribution in [0.25, 0.3) is 0 Å². The summed E-state index contributed by atoms with van der Waals surface area (Å²) in [6, 6.07) is 28.5. The van der Waals surface area contributed by atoms with Crippen molar-refractivity contribution < 1.29 is 50.7 Å². The van der Waals surface area contributed by atoms with Crippen molar-refractivity contribution in [2.45, 2.75) is 50.4 Å². The Balaban J connectivity index is 0.000000252. The number of fused-ring (bicyclic) bond motifs is 2. The van der Waals surface area contributed by atoms with E-state index in [1.807, 2.05) is 47.4 Å². The molecule has 59 heavy (non-hydrogen) atoms. The second-order valence-corrected chi connectivity index (χ2v) is 20.3. The zero-order valence-corrected chi connectivity index (χ0v) is 35.6. The van der Waals surface area contributed by atoms with Crippen molar-refractivity contribution in [3.8, 4) is 0 Å². The summed E-state index contributed by atoms with van der Waals surface area (Å²) in [5.41, 5.74) is 5.81. The van der Waals surface area contributed by atoms with Gasteiger partial charge in [0, 0.05) is 54.8 Å². The number of likely N-dealkylation sites (tertiary alicyclic amines) is 2. The molecule has 4 unspecified atom stereocenters. The third kappa shape index (κ3) is 11.0. The molecule has 2 saturated heterocycles. The molecular weight excluding hydrogens is 801 g/mol. The third-order valence-corrected chi connectivity index (χ3v) is 14.1. The zero-order chi connectivity index (χ0) is 40.8. The van der Waals surface area contributed by atoms with E-state index in [1.165, 1.54) is 41.6 Å². The van der Waals surface area contributed by atoms with Gasteiger partial charge in [0.05, 0.1) is 12.5 Å². The smallest absolute Gasteiger partial charge is 1.00 e. The number of amides is 1. The van der Waals surface area contributed by atoms with E-state index >= 15 is 0 Å². The van der Waals surface area contributed by atoms with Gasteiger partial charge in [-0.2, -0.15) is 0 Å². The van der Waals surface area contributed by atoms with E-state index in [4.69, 9.17) is 0 Å². The fourth-order valence-electron chi connectivity index (χ4n) is 9.57. The Bertz CT molecular complexity index is 2320. The van der Waals surface area contributed by atoms with Crippen LogP contribution in [0, 0.1) is 35.3 Å². The van der Waals surface area contributed by atoms with Crippen molar-refractivity contribution in [1.29, 1.82) is 0 Å². The molecule has 2 aliphatic carbocycles. The van der Waals surface area contributed by atoms with Crippen LogP contribution in [0.2, 0.25) is 0 Å². The molecule has 2 N–H and O–H groups in total. The first-order valence-electron chi connectivity index (χ1n) is 19.6. The van der Waals surface area contributed by atoms with Crippen LogP contribution in [0.3, 0.4) is 0 Å². The summed E-state index contributed by atoms with van der Waals surface area (Å²) in [5, 5.41) is 0. The molecule has 0 spiro atoms. The maximum Gasteiger partial charge on any atom is 1.00 e. The normalized spacial score (nSPS) is 25.3. The number of aryl methyl sites for hydroxylation is 2. The monoisotopic (exact) mass is 856 g/mol. The number of hydrogen-bond donors (Lipinski definition) is 2. The van der Waals surface area contributed by atoms with Crippen LogP contribution >= 0.6 is 0 Å². The summed E-state index contributed by atoms with van der Waals surface area (Å²) in [5.74, 6) is 1.74. The van der Waals surface area contributed by atoms with E-state index in [0.29, 0.717) is 47.9 Å². The van der Waals surface area contributed by atoms with Gasteiger partial charge >= 0.3 is 18.9 Å². The van der Waals surface area contributed by atoms with Gasteiger partial charge in [0.1, 0.15) is 11.6 Å². The first kappa shape index (κ1) is 46.9. The third-order valence-electron chi connectivity index (χ3n) is 12.9. The number of nitrogens with one attached hydrogen (secondary N) is 2. The fourth-order valence-corrected chi connectivity index (χ4v) is 10.7. The van der Waals surface area contributed by atoms with Gasteiger partial charge in [-0.25, -0.2) is 25.6 Å². The summed E-state index contributed by atoms with van der Waals surface area (Å²) in [6.07, 6.45) is 5.41. The molecule has 4 fully saturated rings. The molecule has 312 valence electrons. The molecule has 4 aliphatic rings. The number of rotatable bonds is 13. The van der Waals surface area contributed by atoms with Crippen molar-refractivity contribution in [2.75, 3.05) is 54.7 Å². The zero-order valence-electron chi connectivity index (χ0n) is 34.9. The van der Waals surface area contributed by atoms with Gasteiger partial charge in [-0.1, -0.05) is 62.4 Å². The Morgan fingerprint density at radius 1 is 0.678 bits per heavy atom. The number of sulfonamides is 2. The number of anilines is 2. The van der Waals surface area contributed by atoms with Gasteiger partial charge in [-0.3, -0.25) is 14.2 Å². The number of carbonyl (C=O) groups is 1. The SMILES string of the molecule is CC1(c2cccc(NS(C)(=O)=O)c2)C2CN(C(=O)CCc3ccc(F)cc3)CC21.CC1(c2cccc(NS(C)(=O)=O)c2)C2CN(CCCc3ccc(F)cc3)CC21.[AlH3].[H-].[Li+]. The quantitative estimate of drug-likeness (QED) is 0.200. The van der Waals surface area contributed by atoms with Gasteiger partial charge in [0.25, 0.3) is 0 Å². The minimum Gasteiger partial charge on any atom is -1.00 e. The van der Waals surface area contributed by atoms with Gasteiger partial charge in [0.2, 0.25) is 26.0 Å². The molecule has 8 rings (SSSR count). The molecule has 4 atom stereocenters. The summed E-state index contributed by atoms with van der Waals surface area (Å²) >= 11 is 0. The molecule has 4 aromatic carbocycles. The Morgan fingerprint density at radius 2 is 1.08 bits per heavy atom. The van der Waals surface area contributed by atoms with E-state index in [9.17, 15) is 30.4 Å². The molecule has 2 heterocycles. The van der Waals surface area contributed by atoms with Crippen molar-refractivity contribution in [2.24, 2.45) is 23.7 Å². The fraction of sp³-hybridized carbons (Fsp3) is 0.432. The van der Waals surface area contributed by atoms with Gasteiger partial charge in [-0.05, 0) is 120 Å². The average molecular weight is 857 g/mol. The van der Waals surface area contributed by atoms with Crippen LogP contribution in [0.15, 0.2) is 97.1 Å². The molecule has 15 heteroatoms. The molecule has 0 aromatic heterocycles.